The smallest absolute Gasteiger partial charge is 0.243 e. The molecule has 152 valence electrons. The molecule has 1 aromatic carbocycles. The number of nitrogens with zero attached hydrogens (tertiary/aromatic N) is 3. The van der Waals surface area contributed by atoms with E-state index in [2.05, 4.69) is 20.5 Å². The summed E-state index contributed by atoms with van der Waals surface area (Å²) in [4.78, 5) is 16.8. The van der Waals surface area contributed by atoms with Crippen LogP contribution in [-0.4, -0.2) is 59.2 Å². The molecule has 2 N–H and O–H groups in total. The number of rotatable bonds is 7. The number of benzene rings is 1. The number of halogens is 1. The van der Waals surface area contributed by atoms with Gasteiger partial charge in [0.2, 0.25) is 21.1 Å². The number of H-pyrrole nitrogens is 1. The SMILES string of the molecule is Cc1nc(SCCNC(=O)C2CCN(S(=O)(=O)c3ccc(Cl)cc3)CC2)n[nH]1. The Hall–Kier alpha value is -1.62. The fraction of sp³-hybridized carbons (Fsp3) is 0.471. The molecule has 3 rings (SSSR count). The highest BCUT2D eigenvalue weighted by Gasteiger charge is 2.31. The van der Waals surface area contributed by atoms with Gasteiger partial charge in [0.1, 0.15) is 5.82 Å². The summed E-state index contributed by atoms with van der Waals surface area (Å²) in [6.45, 7) is 3.00. The molecule has 1 aliphatic rings. The van der Waals surface area contributed by atoms with Crippen molar-refractivity contribution >= 4 is 39.3 Å². The second kappa shape index (κ2) is 9.25. The normalized spacial score (nSPS) is 16.2. The van der Waals surface area contributed by atoms with E-state index in [9.17, 15) is 13.2 Å². The Kier molecular flexibility index (Phi) is 6.97. The first-order valence-corrected chi connectivity index (χ1v) is 11.7. The van der Waals surface area contributed by atoms with Gasteiger partial charge in [0, 0.05) is 36.3 Å². The molecule has 1 amide bonds. The first-order valence-electron chi connectivity index (χ1n) is 8.91. The number of aromatic amines is 1. The number of aromatic nitrogens is 3. The van der Waals surface area contributed by atoms with Crippen LogP contribution in [0.1, 0.15) is 18.7 Å². The minimum atomic E-state index is -3.55. The average Bonchev–Trinajstić information content (AvgIpc) is 3.10. The van der Waals surface area contributed by atoms with Crippen molar-refractivity contribution in [1.29, 1.82) is 0 Å². The van der Waals surface area contributed by atoms with Gasteiger partial charge in [-0.1, -0.05) is 23.4 Å². The van der Waals surface area contributed by atoms with Crippen LogP contribution in [0.2, 0.25) is 5.02 Å². The summed E-state index contributed by atoms with van der Waals surface area (Å²) in [5.74, 6) is 1.22. The van der Waals surface area contributed by atoms with Gasteiger partial charge in [-0.15, -0.1) is 5.10 Å². The van der Waals surface area contributed by atoms with E-state index in [1.807, 2.05) is 6.92 Å². The van der Waals surface area contributed by atoms with Crippen LogP contribution in [0.5, 0.6) is 0 Å². The monoisotopic (exact) mass is 443 g/mol. The first kappa shape index (κ1) is 21.1. The summed E-state index contributed by atoms with van der Waals surface area (Å²) in [5.41, 5.74) is 0. The van der Waals surface area contributed by atoms with Gasteiger partial charge in [-0.05, 0) is 44.0 Å². The zero-order chi connectivity index (χ0) is 20.1. The molecule has 0 spiro atoms. The molecule has 1 aromatic heterocycles. The molecular weight excluding hydrogens is 422 g/mol. The minimum Gasteiger partial charge on any atom is -0.355 e. The van der Waals surface area contributed by atoms with Crippen molar-refractivity contribution in [2.75, 3.05) is 25.4 Å². The number of aryl methyl sites for hydroxylation is 1. The van der Waals surface area contributed by atoms with E-state index >= 15 is 0 Å². The third-order valence-electron chi connectivity index (χ3n) is 4.49. The molecule has 0 saturated carbocycles. The molecule has 28 heavy (non-hydrogen) atoms. The second-order valence-electron chi connectivity index (χ2n) is 6.48. The van der Waals surface area contributed by atoms with Crippen LogP contribution in [-0.2, 0) is 14.8 Å². The van der Waals surface area contributed by atoms with Gasteiger partial charge in [0.15, 0.2) is 0 Å². The summed E-state index contributed by atoms with van der Waals surface area (Å²) < 4.78 is 26.8. The third-order valence-corrected chi connectivity index (χ3v) is 7.50. The number of thioether (sulfide) groups is 1. The highest BCUT2D eigenvalue weighted by Crippen LogP contribution is 2.25. The molecule has 11 heteroatoms. The fourth-order valence-corrected chi connectivity index (χ4v) is 5.26. The lowest BCUT2D eigenvalue weighted by Gasteiger charge is -2.30. The van der Waals surface area contributed by atoms with Crippen molar-refractivity contribution in [3.63, 3.8) is 0 Å². The van der Waals surface area contributed by atoms with E-state index in [4.69, 9.17) is 11.6 Å². The number of hydrogen-bond donors (Lipinski definition) is 2. The number of amides is 1. The number of nitrogens with one attached hydrogen (secondary N) is 2. The molecule has 0 aliphatic carbocycles. The zero-order valence-electron chi connectivity index (χ0n) is 15.4. The lowest BCUT2D eigenvalue weighted by Crippen LogP contribution is -2.43. The molecule has 2 heterocycles. The molecule has 0 radical (unpaired) electrons. The molecular formula is C17H22ClN5O3S2. The molecule has 2 aromatic rings. The number of piperidine rings is 1. The van der Waals surface area contributed by atoms with Crippen molar-refractivity contribution in [3.8, 4) is 0 Å². The largest absolute Gasteiger partial charge is 0.355 e. The predicted molar refractivity (Wildman–Crippen MR) is 108 cm³/mol. The summed E-state index contributed by atoms with van der Waals surface area (Å²) in [6, 6.07) is 6.13. The number of hydrogen-bond acceptors (Lipinski definition) is 6. The molecule has 1 saturated heterocycles. The second-order valence-corrected chi connectivity index (χ2v) is 9.91. The van der Waals surface area contributed by atoms with E-state index in [1.165, 1.54) is 28.2 Å². The highest BCUT2D eigenvalue weighted by atomic mass is 35.5. The van der Waals surface area contributed by atoms with Gasteiger partial charge in [0.25, 0.3) is 0 Å². The van der Waals surface area contributed by atoms with Gasteiger partial charge < -0.3 is 5.32 Å². The number of sulfonamides is 1. The molecule has 0 unspecified atom stereocenters. The van der Waals surface area contributed by atoms with Crippen molar-refractivity contribution in [2.24, 2.45) is 5.92 Å². The van der Waals surface area contributed by atoms with E-state index < -0.39 is 10.0 Å². The summed E-state index contributed by atoms with van der Waals surface area (Å²) in [6.07, 6.45) is 1.01. The van der Waals surface area contributed by atoms with Crippen LogP contribution in [0.15, 0.2) is 34.3 Å². The standard InChI is InChI=1S/C17H22ClN5O3S2/c1-12-20-17(22-21-12)27-11-8-19-16(24)13-6-9-23(10-7-13)28(25,26)15-4-2-14(18)3-5-15/h2-5,13H,6-11H2,1H3,(H,19,24)(H,20,21,22). The molecule has 0 bridgehead atoms. The van der Waals surface area contributed by atoms with Crippen molar-refractivity contribution in [3.05, 3.63) is 35.1 Å². The molecule has 8 nitrogen and oxygen atoms in total. The molecule has 1 aliphatic heterocycles. The average molecular weight is 444 g/mol. The summed E-state index contributed by atoms with van der Waals surface area (Å²) in [7, 11) is -3.55. The van der Waals surface area contributed by atoms with E-state index in [0.29, 0.717) is 48.4 Å². The maximum atomic E-state index is 12.7. The van der Waals surface area contributed by atoms with Gasteiger partial charge >= 0.3 is 0 Å². The third kappa shape index (κ3) is 5.25. The Balaban J connectivity index is 1.44. The fourth-order valence-electron chi connectivity index (χ4n) is 2.96. The van der Waals surface area contributed by atoms with Crippen LogP contribution in [0.25, 0.3) is 0 Å². The maximum absolute atomic E-state index is 12.7. The molecule has 1 fully saturated rings. The Bertz CT molecular complexity index is 909. The lowest BCUT2D eigenvalue weighted by molar-refractivity contribution is -0.125. The van der Waals surface area contributed by atoms with Gasteiger partial charge in [-0.2, -0.15) is 4.31 Å². The Morgan fingerprint density at radius 1 is 1.32 bits per heavy atom. The van der Waals surface area contributed by atoms with Crippen LogP contribution in [0.3, 0.4) is 0 Å². The first-order chi connectivity index (χ1) is 13.4. The van der Waals surface area contributed by atoms with Gasteiger partial charge in [-0.25, -0.2) is 13.4 Å². The van der Waals surface area contributed by atoms with E-state index in [1.54, 1.807) is 12.1 Å². The van der Waals surface area contributed by atoms with E-state index in [-0.39, 0.29) is 16.7 Å². The van der Waals surface area contributed by atoms with Crippen molar-refractivity contribution < 1.29 is 13.2 Å². The lowest BCUT2D eigenvalue weighted by atomic mass is 9.97. The van der Waals surface area contributed by atoms with Crippen molar-refractivity contribution in [1.82, 2.24) is 24.8 Å². The van der Waals surface area contributed by atoms with Crippen LogP contribution >= 0.6 is 23.4 Å². The van der Waals surface area contributed by atoms with Crippen LogP contribution in [0.4, 0.5) is 0 Å². The number of carbonyl (C=O) groups excluding carboxylic acids is 1. The Labute approximate surface area is 173 Å². The Morgan fingerprint density at radius 2 is 2.00 bits per heavy atom. The summed E-state index contributed by atoms with van der Waals surface area (Å²) in [5, 5.41) is 10.9. The quantitative estimate of drug-likeness (QED) is 0.501. The van der Waals surface area contributed by atoms with Crippen molar-refractivity contribution in [2.45, 2.75) is 29.8 Å². The van der Waals surface area contributed by atoms with Gasteiger partial charge in [-0.3, -0.25) is 9.89 Å². The van der Waals surface area contributed by atoms with Crippen LogP contribution in [0, 0.1) is 12.8 Å². The highest BCUT2D eigenvalue weighted by molar-refractivity contribution is 7.99. The molecule has 0 atom stereocenters. The minimum absolute atomic E-state index is 0.0321. The topological polar surface area (TPSA) is 108 Å². The predicted octanol–water partition coefficient (Wildman–Crippen LogP) is 2.08. The Morgan fingerprint density at radius 3 is 2.61 bits per heavy atom. The maximum Gasteiger partial charge on any atom is 0.243 e. The number of carbonyl (C=O) groups is 1. The summed E-state index contributed by atoms with van der Waals surface area (Å²) >= 11 is 7.29. The van der Waals surface area contributed by atoms with Gasteiger partial charge in [0.05, 0.1) is 4.90 Å². The van der Waals surface area contributed by atoms with E-state index in [0.717, 1.165) is 5.82 Å². The zero-order valence-corrected chi connectivity index (χ0v) is 17.8. The van der Waals surface area contributed by atoms with Crippen LogP contribution < -0.4 is 5.32 Å².